The maximum Gasteiger partial charge on any atom is 0.362 e. The summed E-state index contributed by atoms with van der Waals surface area (Å²) in [6, 6.07) is -0.612. The number of carbonyl (C=O) groups is 3. The molecule has 0 amide bonds. The van der Waals surface area contributed by atoms with Crippen molar-refractivity contribution < 1.29 is 38.2 Å². The molecular weight excluding hydrogens is 715 g/mol. The summed E-state index contributed by atoms with van der Waals surface area (Å²) in [6.45, 7) is 4.71. The molecule has 336 valence electrons. The first-order valence-electron chi connectivity index (χ1n) is 24.2. The highest BCUT2D eigenvalue weighted by Crippen LogP contribution is 2.16. The van der Waals surface area contributed by atoms with E-state index in [2.05, 4.69) is 26.0 Å². The lowest BCUT2D eigenvalue weighted by atomic mass is 10.0. The van der Waals surface area contributed by atoms with Crippen molar-refractivity contribution in [3.8, 4) is 0 Å². The Morgan fingerprint density at radius 2 is 0.895 bits per heavy atom. The van der Waals surface area contributed by atoms with Crippen molar-refractivity contribution in [1.82, 2.24) is 0 Å². The number of carboxylic acids is 1. The molecule has 2 atom stereocenters. The van der Waals surface area contributed by atoms with Crippen molar-refractivity contribution in [2.75, 3.05) is 41.0 Å². The smallest absolute Gasteiger partial charge is 0.362 e. The molecule has 0 saturated heterocycles. The molecule has 0 aromatic rings. The van der Waals surface area contributed by atoms with Gasteiger partial charge in [0, 0.05) is 19.3 Å². The second-order valence-electron chi connectivity index (χ2n) is 17.7. The van der Waals surface area contributed by atoms with E-state index in [1.54, 1.807) is 0 Å². The van der Waals surface area contributed by atoms with Crippen molar-refractivity contribution in [2.24, 2.45) is 0 Å². The average molecular weight is 809 g/mol. The van der Waals surface area contributed by atoms with Gasteiger partial charge in [-0.15, -0.1) is 0 Å². The molecule has 0 heterocycles. The van der Waals surface area contributed by atoms with Crippen molar-refractivity contribution in [2.45, 2.75) is 244 Å². The van der Waals surface area contributed by atoms with Crippen LogP contribution in [0.15, 0.2) is 12.2 Å². The average Bonchev–Trinajstić information content (AvgIpc) is 3.17. The first kappa shape index (κ1) is 55.1. The van der Waals surface area contributed by atoms with Crippen LogP contribution in [0, 0.1) is 0 Å². The van der Waals surface area contributed by atoms with Crippen molar-refractivity contribution >= 4 is 17.9 Å². The molecule has 0 fully saturated rings. The van der Waals surface area contributed by atoms with Crippen LogP contribution >= 0.6 is 0 Å². The van der Waals surface area contributed by atoms with Crippen molar-refractivity contribution in [3.63, 3.8) is 0 Å². The number of ether oxygens (including phenoxy) is 3. The van der Waals surface area contributed by atoms with Crippen molar-refractivity contribution in [3.05, 3.63) is 12.2 Å². The summed E-state index contributed by atoms with van der Waals surface area (Å²) in [7, 11) is 5.53. The number of carbonyl (C=O) groups excluding carboxylic acids is 2. The van der Waals surface area contributed by atoms with Gasteiger partial charge < -0.3 is 23.8 Å². The second kappa shape index (κ2) is 40.8. The third kappa shape index (κ3) is 39.3. The van der Waals surface area contributed by atoms with Gasteiger partial charge in [-0.05, 0) is 32.1 Å². The summed E-state index contributed by atoms with van der Waals surface area (Å²) in [6.07, 6.45) is 44.2. The number of hydrogen-bond acceptors (Lipinski definition) is 6. The molecule has 0 aliphatic heterocycles. The summed E-state index contributed by atoms with van der Waals surface area (Å²) in [4.78, 5) is 36.9. The van der Waals surface area contributed by atoms with E-state index >= 15 is 0 Å². The van der Waals surface area contributed by atoms with Crippen LogP contribution in [0.5, 0.6) is 0 Å². The molecule has 0 radical (unpaired) electrons. The van der Waals surface area contributed by atoms with E-state index in [1.165, 1.54) is 141 Å². The number of likely N-dealkylation sites (N-methyl/N-ethyl adjacent to an activating group) is 1. The second-order valence-corrected chi connectivity index (χ2v) is 17.7. The number of rotatable bonds is 44. The maximum atomic E-state index is 12.7. The van der Waals surface area contributed by atoms with Crippen LogP contribution in [0.25, 0.3) is 0 Å². The third-order valence-electron chi connectivity index (χ3n) is 11.2. The Morgan fingerprint density at radius 1 is 0.509 bits per heavy atom. The summed E-state index contributed by atoms with van der Waals surface area (Å²) in [5.41, 5.74) is 0. The van der Waals surface area contributed by atoms with Gasteiger partial charge in [-0.2, -0.15) is 0 Å². The zero-order valence-corrected chi connectivity index (χ0v) is 38.3. The fraction of sp³-hybridized carbons (Fsp3) is 0.898. The first-order chi connectivity index (χ1) is 27.6. The van der Waals surface area contributed by atoms with E-state index in [9.17, 15) is 19.5 Å². The van der Waals surface area contributed by atoms with E-state index in [0.717, 1.165) is 57.8 Å². The van der Waals surface area contributed by atoms with Crippen molar-refractivity contribution in [1.29, 1.82) is 0 Å². The van der Waals surface area contributed by atoms with Crippen LogP contribution in [-0.2, 0) is 28.6 Å². The molecule has 0 aromatic carbocycles. The number of allylic oxidation sites excluding steroid dienone is 2. The lowest BCUT2D eigenvalue weighted by molar-refractivity contribution is -0.887. The number of hydrogen-bond donors (Lipinski definition) is 1. The minimum Gasteiger partial charge on any atom is -0.477 e. The molecule has 8 heteroatoms. The van der Waals surface area contributed by atoms with E-state index in [-0.39, 0.29) is 36.2 Å². The Kier molecular flexibility index (Phi) is 39.4. The number of esters is 2. The van der Waals surface area contributed by atoms with Crippen LogP contribution in [0.4, 0.5) is 0 Å². The van der Waals surface area contributed by atoms with Gasteiger partial charge in [-0.3, -0.25) is 9.59 Å². The minimum absolute atomic E-state index is 0.0496. The van der Waals surface area contributed by atoms with E-state index < -0.39 is 18.1 Å². The van der Waals surface area contributed by atoms with Crippen LogP contribution in [0.1, 0.15) is 232 Å². The van der Waals surface area contributed by atoms with Crippen LogP contribution in [0.2, 0.25) is 0 Å². The summed E-state index contributed by atoms with van der Waals surface area (Å²) in [5, 5.41) is 9.61. The van der Waals surface area contributed by atoms with Crippen LogP contribution in [-0.4, -0.2) is 80.6 Å². The Balaban J connectivity index is 4.10. The minimum atomic E-state index is -0.874. The Labute approximate surface area is 352 Å². The molecule has 0 spiro atoms. The highest BCUT2D eigenvalue weighted by molar-refractivity contribution is 5.72. The molecule has 0 bridgehead atoms. The zero-order chi connectivity index (χ0) is 42.1. The molecule has 1 N–H and O–H groups in total. The van der Waals surface area contributed by atoms with E-state index in [0.29, 0.717) is 19.3 Å². The summed E-state index contributed by atoms with van der Waals surface area (Å²) < 4.78 is 17.3. The molecule has 8 nitrogen and oxygen atoms in total. The molecule has 0 aromatic heterocycles. The number of carboxylic acid groups (broad SMARTS) is 1. The summed E-state index contributed by atoms with van der Waals surface area (Å²) >= 11 is 0. The highest BCUT2D eigenvalue weighted by atomic mass is 16.6. The Hall–Kier alpha value is -1.93. The maximum absolute atomic E-state index is 12.7. The van der Waals surface area contributed by atoms with Gasteiger partial charge in [0.15, 0.2) is 12.1 Å². The largest absolute Gasteiger partial charge is 0.477 e. The van der Waals surface area contributed by atoms with Gasteiger partial charge in [0.1, 0.15) is 6.61 Å². The highest BCUT2D eigenvalue weighted by Gasteiger charge is 2.31. The quantitative estimate of drug-likeness (QED) is 0.0283. The number of quaternary nitrogens is 1. The van der Waals surface area contributed by atoms with Gasteiger partial charge in [0.2, 0.25) is 0 Å². The monoisotopic (exact) mass is 809 g/mol. The third-order valence-corrected chi connectivity index (χ3v) is 11.2. The number of aliphatic carboxylic acids is 1. The normalized spacial score (nSPS) is 12.9. The van der Waals surface area contributed by atoms with E-state index in [4.69, 9.17) is 14.2 Å². The molecule has 0 saturated carbocycles. The lowest BCUT2D eigenvalue weighted by Gasteiger charge is -2.31. The standard InChI is InChI=1S/C49H93NO7/c1-6-8-10-12-14-16-18-19-20-21-22-23-24-25-26-27-28-29-30-32-33-35-37-39-47(51)56-44-45(43-55-42-41-46(49(53)54)50(3,4)5)57-48(52)40-38-36-34-31-17-15-13-11-9-7-2/h13,15,45-46H,6-12,14,16-44H2,1-5H3/p+1/b15-13+. The molecule has 0 rings (SSSR count). The van der Waals surface area contributed by atoms with E-state index in [1.807, 2.05) is 21.1 Å². The Bertz CT molecular complexity index is 947. The fourth-order valence-corrected chi connectivity index (χ4v) is 7.37. The van der Waals surface area contributed by atoms with Gasteiger partial charge >= 0.3 is 17.9 Å². The van der Waals surface area contributed by atoms with Crippen LogP contribution < -0.4 is 0 Å². The SMILES string of the molecule is CCCC/C=C/CCCCCCC(=O)OC(COCCC(C(=O)O)[N+](C)(C)C)COC(=O)CCCCCCCCCCCCCCCCCCCCCCCCC. The summed E-state index contributed by atoms with van der Waals surface area (Å²) in [5.74, 6) is -1.47. The molecule has 0 aliphatic rings. The van der Waals surface area contributed by atoms with Gasteiger partial charge in [0.05, 0.1) is 34.4 Å². The lowest BCUT2D eigenvalue weighted by Crippen LogP contribution is -2.50. The molecular formula is C49H94NO7+. The number of nitrogens with zero attached hydrogens (tertiary/aromatic N) is 1. The fourth-order valence-electron chi connectivity index (χ4n) is 7.37. The van der Waals surface area contributed by atoms with Gasteiger partial charge in [-0.25, -0.2) is 4.79 Å². The molecule has 2 unspecified atom stereocenters. The Morgan fingerprint density at radius 3 is 1.32 bits per heavy atom. The predicted octanol–water partition coefficient (Wildman–Crippen LogP) is 13.5. The first-order valence-corrected chi connectivity index (χ1v) is 24.2. The van der Waals surface area contributed by atoms with Gasteiger partial charge in [-0.1, -0.05) is 193 Å². The topological polar surface area (TPSA) is 99.1 Å². The van der Waals surface area contributed by atoms with Gasteiger partial charge in [0.25, 0.3) is 0 Å². The zero-order valence-electron chi connectivity index (χ0n) is 38.3. The molecule has 0 aliphatic carbocycles. The number of unbranched alkanes of at least 4 members (excludes halogenated alkanes) is 28. The molecule has 57 heavy (non-hydrogen) atoms. The predicted molar refractivity (Wildman–Crippen MR) is 239 cm³/mol. The van der Waals surface area contributed by atoms with Crippen LogP contribution in [0.3, 0.4) is 0 Å².